The molecule has 0 spiro atoms. The Labute approximate surface area is 99.1 Å². The summed E-state index contributed by atoms with van der Waals surface area (Å²) in [5.74, 6) is 1.18. The average molecular weight is 243 g/mol. The molecule has 1 saturated heterocycles. The summed E-state index contributed by atoms with van der Waals surface area (Å²) in [5, 5.41) is 14.0. The van der Waals surface area contributed by atoms with Gasteiger partial charge in [0.05, 0.1) is 16.3 Å². The summed E-state index contributed by atoms with van der Waals surface area (Å²) in [7, 11) is 0. The number of thiazole rings is 1. The quantitative estimate of drug-likeness (QED) is 0.867. The number of nitrogens with zero attached hydrogens (tertiary/aromatic N) is 1. The topological polar surface area (TPSA) is 33.1 Å². The van der Waals surface area contributed by atoms with Crippen LogP contribution in [-0.2, 0) is 6.42 Å². The number of thioether (sulfide) groups is 1. The summed E-state index contributed by atoms with van der Waals surface area (Å²) in [5.41, 5.74) is 0.512. The van der Waals surface area contributed by atoms with Crippen LogP contribution in [0.3, 0.4) is 0 Å². The molecule has 0 aliphatic carbocycles. The summed E-state index contributed by atoms with van der Waals surface area (Å²) < 4.78 is 0. The van der Waals surface area contributed by atoms with E-state index in [4.69, 9.17) is 0 Å². The summed E-state index contributed by atoms with van der Waals surface area (Å²) in [6.07, 6.45) is 2.75. The van der Waals surface area contributed by atoms with Crippen LogP contribution in [0.15, 0.2) is 5.38 Å². The largest absolute Gasteiger partial charge is 0.388 e. The van der Waals surface area contributed by atoms with Crippen LogP contribution in [0.4, 0.5) is 0 Å². The van der Waals surface area contributed by atoms with Gasteiger partial charge in [0.1, 0.15) is 0 Å². The monoisotopic (exact) mass is 243 g/mol. The first kappa shape index (κ1) is 11.4. The molecule has 1 aromatic heterocycles. The van der Waals surface area contributed by atoms with Crippen LogP contribution in [0.5, 0.6) is 0 Å². The van der Waals surface area contributed by atoms with Gasteiger partial charge in [-0.05, 0) is 25.5 Å². The van der Waals surface area contributed by atoms with E-state index in [1.54, 1.807) is 11.3 Å². The van der Waals surface area contributed by atoms with E-state index in [2.05, 4.69) is 17.3 Å². The SMILES string of the molecule is Cc1nc(CC2(O)CCCSC2C)cs1. The molecule has 0 amide bonds. The van der Waals surface area contributed by atoms with Crippen molar-refractivity contribution in [2.24, 2.45) is 0 Å². The van der Waals surface area contributed by atoms with Gasteiger partial charge in [-0.2, -0.15) is 11.8 Å². The van der Waals surface area contributed by atoms with Crippen LogP contribution < -0.4 is 0 Å². The molecular weight excluding hydrogens is 226 g/mol. The van der Waals surface area contributed by atoms with Crippen LogP contribution in [0.2, 0.25) is 0 Å². The lowest BCUT2D eigenvalue weighted by Crippen LogP contribution is -2.43. The minimum Gasteiger partial charge on any atom is -0.388 e. The van der Waals surface area contributed by atoms with Gasteiger partial charge in [0.2, 0.25) is 0 Å². The van der Waals surface area contributed by atoms with Gasteiger partial charge in [-0.25, -0.2) is 4.98 Å². The first-order valence-corrected chi connectivity index (χ1v) is 7.28. The van der Waals surface area contributed by atoms with Crippen molar-refractivity contribution in [2.75, 3.05) is 5.75 Å². The third kappa shape index (κ3) is 2.55. The highest BCUT2D eigenvalue weighted by molar-refractivity contribution is 8.00. The van der Waals surface area contributed by atoms with Crippen molar-refractivity contribution in [1.29, 1.82) is 0 Å². The molecule has 2 heterocycles. The molecule has 2 nitrogen and oxygen atoms in total. The molecule has 0 radical (unpaired) electrons. The zero-order valence-electron chi connectivity index (χ0n) is 9.19. The molecule has 15 heavy (non-hydrogen) atoms. The zero-order valence-corrected chi connectivity index (χ0v) is 10.8. The molecular formula is C11H17NOS2. The zero-order chi connectivity index (χ0) is 10.9. The molecule has 2 rings (SSSR count). The summed E-state index contributed by atoms with van der Waals surface area (Å²) in [6.45, 7) is 4.14. The second-order valence-electron chi connectivity index (χ2n) is 4.25. The minimum absolute atomic E-state index is 0.327. The lowest BCUT2D eigenvalue weighted by atomic mass is 9.89. The highest BCUT2D eigenvalue weighted by atomic mass is 32.2. The molecule has 1 aromatic rings. The lowest BCUT2D eigenvalue weighted by Gasteiger charge is -2.37. The Bertz CT molecular complexity index is 339. The predicted octanol–water partition coefficient (Wildman–Crippen LogP) is 2.64. The fourth-order valence-corrected chi connectivity index (χ4v) is 3.82. The molecule has 1 aliphatic heterocycles. The van der Waals surface area contributed by atoms with Crippen molar-refractivity contribution in [3.05, 3.63) is 16.1 Å². The Balaban J connectivity index is 2.08. The van der Waals surface area contributed by atoms with Crippen LogP contribution in [0, 0.1) is 6.92 Å². The van der Waals surface area contributed by atoms with E-state index in [0.29, 0.717) is 11.7 Å². The van der Waals surface area contributed by atoms with E-state index in [1.165, 1.54) is 5.75 Å². The van der Waals surface area contributed by atoms with Gasteiger partial charge in [-0.3, -0.25) is 0 Å². The number of rotatable bonds is 2. The van der Waals surface area contributed by atoms with E-state index in [9.17, 15) is 5.11 Å². The van der Waals surface area contributed by atoms with E-state index >= 15 is 0 Å². The van der Waals surface area contributed by atoms with Gasteiger partial charge >= 0.3 is 0 Å². The van der Waals surface area contributed by atoms with E-state index < -0.39 is 5.60 Å². The van der Waals surface area contributed by atoms with Gasteiger partial charge in [-0.1, -0.05) is 6.92 Å². The third-order valence-electron chi connectivity index (χ3n) is 3.03. The molecule has 84 valence electrons. The van der Waals surface area contributed by atoms with Gasteiger partial charge in [0, 0.05) is 17.1 Å². The van der Waals surface area contributed by atoms with Crippen molar-refractivity contribution in [3.8, 4) is 0 Å². The van der Waals surface area contributed by atoms with Crippen molar-refractivity contribution in [3.63, 3.8) is 0 Å². The first-order chi connectivity index (χ1) is 7.10. The number of hydrogen-bond donors (Lipinski definition) is 1. The molecule has 1 aliphatic rings. The molecule has 0 bridgehead atoms. The lowest BCUT2D eigenvalue weighted by molar-refractivity contribution is 0.0290. The van der Waals surface area contributed by atoms with Gasteiger partial charge in [0.25, 0.3) is 0 Å². The Hall–Kier alpha value is -0.0600. The second-order valence-corrected chi connectivity index (χ2v) is 6.77. The molecule has 2 atom stereocenters. The van der Waals surface area contributed by atoms with Crippen LogP contribution in [0.25, 0.3) is 0 Å². The predicted molar refractivity (Wildman–Crippen MR) is 66.7 cm³/mol. The normalized spacial score (nSPS) is 31.8. The number of aliphatic hydroxyl groups is 1. The smallest absolute Gasteiger partial charge is 0.0897 e. The molecule has 1 N–H and O–H groups in total. The van der Waals surface area contributed by atoms with Crippen LogP contribution in [-0.4, -0.2) is 26.7 Å². The molecule has 1 fully saturated rings. The van der Waals surface area contributed by atoms with Crippen molar-refractivity contribution >= 4 is 23.1 Å². The summed E-state index contributed by atoms with van der Waals surface area (Å²) >= 11 is 3.54. The van der Waals surface area contributed by atoms with Crippen molar-refractivity contribution < 1.29 is 5.11 Å². The average Bonchev–Trinajstić information content (AvgIpc) is 2.57. The number of aryl methyl sites for hydroxylation is 1. The highest BCUT2D eigenvalue weighted by Crippen LogP contribution is 2.36. The van der Waals surface area contributed by atoms with E-state index in [-0.39, 0.29) is 0 Å². The summed E-state index contributed by atoms with van der Waals surface area (Å²) in [4.78, 5) is 4.43. The third-order valence-corrected chi connectivity index (χ3v) is 5.32. The van der Waals surface area contributed by atoms with E-state index in [1.807, 2.05) is 18.7 Å². The Kier molecular flexibility index (Phi) is 3.38. The fraction of sp³-hybridized carbons (Fsp3) is 0.727. The van der Waals surface area contributed by atoms with Crippen LogP contribution in [0.1, 0.15) is 30.5 Å². The Morgan fingerprint density at radius 2 is 2.47 bits per heavy atom. The Morgan fingerprint density at radius 3 is 3.07 bits per heavy atom. The van der Waals surface area contributed by atoms with Crippen molar-refractivity contribution in [1.82, 2.24) is 4.98 Å². The Morgan fingerprint density at radius 1 is 1.67 bits per heavy atom. The van der Waals surface area contributed by atoms with Gasteiger partial charge in [0.15, 0.2) is 0 Å². The summed E-state index contributed by atoms with van der Waals surface area (Å²) in [6, 6.07) is 0. The minimum atomic E-state index is -0.538. The maximum absolute atomic E-state index is 10.5. The highest BCUT2D eigenvalue weighted by Gasteiger charge is 2.37. The second kappa shape index (κ2) is 4.44. The maximum Gasteiger partial charge on any atom is 0.0897 e. The number of hydrogen-bond acceptors (Lipinski definition) is 4. The van der Waals surface area contributed by atoms with Crippen LogP contribution >= 0.6 is 23.1 Å². The van der Waals surface area contributed by atoms with Crippen molar-refractivity contribution in [2.45, 2.75) is 44.0 Å². The standard InChI is InChI=1S/C11H17NOS2/c1-8-11(13,4-3-5-14-8)6-10-7-15-9(2)12-10/h7-8,13H,3-6H2,1-2H3. The van der Waals surface area contributed by atoms with E-state index in [0.717, 1.165) is 23.5 Å². The first-order valence-electron chi connectivity index (χ1n) is 5.35. The fourth-order valence-electron chi connectivity index (χ4n) is 2.03. The molecule has 2 unspecified atom stereocenters. The maximum atomic E-state index is 10.5. The van der Waals surface area contributed by atoms with Gasteiger partial charge < -0.3 is 5.11 Å². The molecule has 4 heteroatoms. The molecule has 0 aromatic carbocycles. The molecule has 0 saturated carbocycles. The number of aromatic nitrogens is 1. The van der Waals surface area contributed by atoms with Gasteiger partial charge in [-0.15, -0.1) is 11.3 Å².